The molecule has 1 amide bonds. The van der Waals surface area contributed by atoms with Gasteiger partial charge in [-0.15, -0.1) is 11.3 Å². The molecule has 3 rings (SSSR count). The normalized spacial score (nSPS) is 10.7. The first-order valence-electron chi connectivity index (χ1n) is 8.51. The summed E-state index contributed by atoms with van der Waals surface area (Å²) in [5.74, 6) is -0.432. The molecule has 3 nitrogen and oxygen atoms in total. The van der Waals surface area contributed by atoms with Gasteiger partial charge in [-0.1, -0.05) is 23.7 Å². The van der Waals surface area contributed by atoms with Gasteiger partial charge >= 0.3 is 0 Å². The number of aryl methyl sites for hydroxylation is 1. The molecule has 2 aromatic carbocycles. The van der Waals surface area contributed by atoms with Crippen LogP contribution in [0, 0.1) is 12.7 Å². The molecule has 0 spiro atoms. The minimum absolute atomic E-state index is 0.126. The molecular weight excluding hydrogens is 383 g/mol. The lowest BCUT2D eigenvalue weighted by Gasteiger charge is -2.20. The molecule has 140 valence electrons. The number of carbonyl (C=O) groups excluding carboxylic acids is 1. The summed E-state index contributed by atoms with van der Waals surface area (Å²) in [6.45, 7) is 2.74. The molecule has 0 aliphatic heterocycles. The molecule has 0 atom stereocenters. The summed E-state index contributed by atoms with van der Waals surface area (Å²) >= 11 is 7.56. The lowest BCUT2D eigenvalue weighted by atomic mass is 10.1. The number of amides is 1. The zero-order valence-electron chi connectivity index (χ0n) is 15.1. The maximum Gasteiger partial charge on any atom is 0.228 e. The molecule has 1 N–H and O–H groups in total. The fraction of sp³-hybridized carbons (Fsp3) is 0.190. The third-order valence-corrected chi connectivity index (χ3v) is 5.44. The first kappa shape index (κ1) is 19.4. The van der Waals surface area contributed by atoms with Crippen LogP contribution in [0.1, 0.15) is 16.0 Å². The standard InChI is InChI=1S/C21H20ClFN2OS/c1-14-11-17(25(2)13-18-8-10-20(22)27-18)7-9-19(14)24-21(26)12-15-3-5-16(23)6-4-15/h3-11H,12-13H2,1-2H3,(H,24,26). The Labute approximate surface area is 167 Å². The quantitative estimate of drug-likeness (QED) is 0.576. The molecule has 0 saturated heterocycles. The molecule has 0 unspecified atom stereocenters. The van der Waals surface area contributed by atoms with E-state index in [1.165, 1.54) is 17.0 Å². The van der Waals surface area contributed by atoms with Crippen molar-refractivity contribution < 1.29 is 9.18 Å². The maximum absolute atomic E-state index is 13.0. The molecule has 0 aliphatic carbocycles. The van der Waals surface area contributed by atoms with Gasteiger partial charge in [0, 0.05) is 23.3 Å². The smallest absolute Gasteiger partial charge is 0.228 e. The average Bonchev–Trinajstić information content (AvgIpc) is 3.03. The minimum Gasteiger partial charge on any atom is -0.369 e. The predicted molar refractivity (Wildman–Crippen MR) is 111 cm³/mol. The molecular formula is C21H20ClFN2OS. The number of anilines is 2. The third-order valence-electron chi connectivity index (χ3n) is 4.22. The number of hydrogen-bond donors (Lipinski definition) is 1. The number of benzene rings is 2. The number of carbonyl (C=O) groups is 1. The number of nitrogens with one attached hydrogen (secondary N) is 1. The van der Waals surface area contributed by atoms with Crippen LogP contribution >= 0.6 is 22.9 Å². The van der Waals surface area contributed by atoms with Crippen molar-refractivity contribution >= 4 is 40.2 Å². The van der Waals surface area contributed by atoms with Gasteiger partial charge in [-0.25, -0.2) is 4.39 Å². The summed E-state index contributed by atoms with van der Waals surface area (Å²) in [5, 5.41) is 2.93. The maximum atomic E-state index is 13.0. The van der Waals surface area contributed by atoms with Crippen molar-refractivity contribution in [2.75, 3.05) is 17.3 Å². The number of halogens is 2. The van der Waals surface area contributed by atoms with Crippen molar-refractivity contribution in [3.63, 3.8) is 0 Å². The van der Waals surface area contributed by atoms with Crippen LogP contribution in [-0.4, -0.2) is 13.0 Å². The molecule has 27 heavy (non-hydrogen) atoms. The summed E-state index contributed by atoms with van der Waals surface area (Å²) in [6, 6.07) is 15.8. The van der Waals surface area contributed by atoms with Gasteiger partial charge < -0.3 is 10.2 Å². The number of thiophene rings is 1. The summed E-state index contributed by atoms with van der Waals surface area (Å²) in [5.41, 5.74) is 3.60. The van der Waals surface area contributed by atoms with Gasteiger partial charge in [-0.05, 0) is 60.5 Å². The van der Waals surface area contributed by atoms with Crippen molar-refractivity contribution in [3.05, 3.63) is 80.8 Å². The molecule has 1 aromatic heterocycles. The van der Waals surface area contributed by atoms with Crippen LogP contribution in [0.25, 0.3) is 0 Å². The van der Waals surface area contributed by atoms with Crippen LogP contribution in [0.15, 0.2) is 54.6 Å². The topological polar surface area (TPSA) is 32.3 Å². The van der Waals surface area contributed by atoms with Crippen LogP contribution in [0.2, 0.25) is 4.34 Å². The van der Waals surface area contributed by atoms with Gasteiger partial charge in [0.25, 0.3) is 0 Å². The summed E-state index contributed by atoms with van der Waals surface area (Å²) < 4.78 is 13.7. The van der Waals surface area contributed by atoms with Crippen molar-refractivity contribution in [1.29, 1.82) is 0 Å². The highest BCUT2D eigenvalue weighted by atomic mass is 35.5. The van der Waals surface area contributed by atoms with Crippen LogP contribution in [0.4, 0.5) is 15.8 Å². The van der Waals surface area contributed by atoms with E-state index in [0.29, 0.717) is 0 Å². The number of nitrogens with zero attached hydrogens (tertiary/aromatic N) is 1. The van der Waals surface area contributed by atoms with E-state index in [4.69, 9.17) is 11.6 Å². The van der Waals surface area contributed by atoms with Crippen LogP contribution in [0.3, 0.4) is 0 Å². The van der Waals surface area contributed by atoms with E-state index >= 15 is 0 Å². The molecule has 0 bridgehead atoms. The molecule has 1 heterocycles. The molecule has 0 radical (unpaired) electrons. The second-order valence-corrected chi connectivity index (χ2v) is 8.21. The Morgan fingerprint density at radius 1 is 1.15 bits per heavy atom. The van der Waals surface area contributed by atoms with E-state index in [0.717, 1.165) is 33.4 Å². The van der Waals surface area contributed by atoms with Crippen molar-refractivity contribution in [1.82, 2.24) is 0 Å². The van der Waals surface area contributed by atoms with E-state index in [1.807, 2.05) is 44.3 Å². The first-order chi connectivity index (χ1) is 12.9. The van der Waals surface area contributed by atoms with Crippen molar-refractivity contribution in [2.45, 2.75) is 19.9 Å². The Bertz CT molecular complexity index is 940. The summed E-state index contributed by atoms with van der Waals surface area (Å²) in [6.07, 6.45) is 0.209. The minimum atomic E-state index is -0.306. The second kappa shape index (κ2) is 8.55. The fourth-order valence-electron chi connectivity index (χ4n) is 2.77. The van der Waals surface area contributed by atoms with E-state index in [2.05, 4.69) is 10.2 Å². The monoisotopic (exact) mass is 402 g/mol. The van der Waals surface area contributed by atoms with Crippen LogP contribution < -0.4 is 10.2 Å². The van der Waals surface area contributed by atoms with Gasteiger partial charge in [0.2, 0.25) is 5.91 Å². The second-order valence-electron chi connectivity index (χ2n) is 6.41. The third kappa shape index (κ3) is 5.31. The van der Waals surface area contributed by atoms with Crippen LogP contribution in [0.5, 0.6) is 0 Å². The number of hydrogen-bond acceptors (Lipinski definition) is 3. The zero-order valence-corrected chi connectivity index (χ0v) is 16.7. The van der Waals surface area contributed by atoms with E-state index in [9.17, 15) is 9.18 Å². The highest BCUT2D eigenvalue weighted by Gasteiger charge is 2.09. The average molecular weight is 403 g/mol. The Morgan fingerprint density at radius 3 is 2.52 bits per heavy atom. The van der Waals surface area contributed by atoms with Gasteiger partial charge in [0.05, 0.1) is 17.3 Å². The van der Waals surface area contributed by atoms with Gasteiger partial charge in [-0.3, -0.25) is 4.79 Å². The first-order valence-corrected chi connectivity index (χ1v) is 9.70. The fourth-order valence-corrected chi connectivity index (χ4v) is 3.91. The molecule has 6 heteroatoms. The summed E-state index contributed by atoms with van der Waals surface area (Å²) in [7, 11) is 2.02. The molecule has 0 aliphatic rings. The van der Waals surface area contributed by atoms with E-state index in [1.54, 1.807) is 23.5 Å². The Morgan fingerprint density at radius 2 is 1.89 bits per heavy atom. The lowest BCUT2D eigenvalue weighted by molar-refractivity contribution is -0.115. The van der Waals surface area contributed by atoms with Crippen molar-refractivity contribution in [3.8, 4) is 0 Å². The van der Waals surface area contributed by atoms with Gasteiger partial charge in [0.1, 0.15) is 5.82 Å². The van der Waals surface area contributed by atoms with Crippen LogP contribution in [-0.2, 0) is 17.8 Å². The zero-order chi connectivity index (χ0) is 19.4. The lowest BCUT2D eigenvalue weighted by Crippen LogP contribution is -2.17. The molecule has 0 saturated carbocycles. The van der Waals surface area contributed by atoms with Gasteiger partial charge in [-0.2, -0.15) is 0 Å². The SMILES string of the molecule is Cc1cc(N(C)Cc2ccc(Cl)s2)ccc1NC(=O)Cc1ccc(F)cc1. The number of rotatable bonds is 6. The Hall–Kier alpha value is -2.37. The highest BCUT2D eigenvalue weighted by Crippen LogP contribution is 2.26. The molecule has 3 aromatic rings. The van der Waals surface area contributed by atoms with E-state index < -0.39 is 0 Å². The Balaban J connectivity index is 1.63. The van der Waals surface area contributed by atoms with Crippen molar-refractivity contribution in [2.24, 2.45) is 0 Å². The predicted octanol–water partition coefficient (Wildman–Crippen LogP) is 5.67. The molecule has 0 fully saturated rings. The largest absolute Gasteiger partial charge is 0.369 e. The highest BCUT2D eigenvalue weighted by molar-refractivity contribution is 7.16. The Kier molecular flexibility index (Phi) is 6.14. The van der Waals surface area contributed by atoms with E-state index in [-0.39, 0.29) is 18.1 Å². The van der Waals surface area contributed by atoms with Gasteiger partial charge in [0.15, 0.2) is 0 Å². The summed E-state index contributed by atoms with van der Waals surface area (Å²) in [4.78, 5) is 15.6.